The fourth-order valence-electron chi connectivity index (χ4n) is 15.5. The van der Waals surface area contributed by atoms with Crippen LogP contribution in [0, 0.1) is 0 Å². The van der Waals surface area contributed by atoms with Gasteiger partial charge in [0.05, 0.1) is 33.1 Å². The summed E-state index contributed by atoms with van der Waals surface area (Å²) in [5, 5.41) is 21.2. The Hall–Kier alpha value is -9.04. The number of phenols is 2. The molecule has 474 valence electrons. The number of unbranched alkanes of at least 4 members (excludes halogenated alkanes) is 6. The molecule has 0 aromatic heterocycles. The summed E-state index contributed by atoms with van der Waals surface area (Å²) in [6.45, 7) is 4.28. The van der Waals surface area contributed by atoms with E-state index >= 15 is 0 Å². The van der Waals surface area contributed by atoms with Crippen molar-refractivity contribution in [3.8, 4) is 67.1 Å². The zero-order valence-corrected chi connectivity index (χ0v) is 50.6. The molecule has 0 spiro atoms. The Morgan fingerprint density at radius 1 is 0.280 bits per heavy atom. The van der Waals surface area contributed by atoms with Gasteiger partial charge in [-0.05, 0) is 209 Å². The van der Waals surface area contributed by atoms with Gasteiger partial charge in [0.2, 0.25) is 0 Å². The molecular formula is C79H62F12O2. The van der Waals surface area contributed by atoms with E-state index in [9.17, 15) is 62.9 Å². The smallest absolute Gasteiger partial charge is 0.416 e. The van der Waals surface area contributed by atoms with E-state index in [-0.39, 0.29) is 34.8 Å². The first-order valence-electron chi connectivity index (χ1n) is 31.3. The molecule has 0 saturated heterocycles. The van der Waals surface area contributed by atoms with Gasteiger partial charge in [0, 0.05) is 5.41 Å². The maximum atomic E-state index is 15.0. The number of rotatable bonds is 16. The molecular weight excluding hydrogens is 1210 g/mol. The van der Waals surface area contributed by atoms with Crippen LogP contribution in [0.2, 0.25) is 0 Å². The van der Waals surface area contributed by atoms with E-state index in [4.69, 9.17) is 0 Å². The Kier molecular flexibility index (Phi) is 15.7. The first kappa shape index (κ1) is 62.8. The third-order valence-corrected chi connectivity index (χ3v) is 19.7. The zero-order chi connectivity index (χ0) is 65.6. The topological polar surface area (TPSA) is 40.5 Å². The normalized spacial score (nSPS) is 17.0. The lowest BCUT2D eigenvalue weighted by Gasteiger charge is -2.35. The van der Waals surface area contributed by atoms with E-state index in [1.807, 2.05) is 48.5 Å². The van der Waals surface area contributed by atoms with Crippen molar-refractivity contribution < 1.29 is 62.9 Å². The predicted octanol–water partition coefficient (Wildman–Crippen LogP) is 23.4. The van der Waals surface area contributed by atoms with Crippen LogP contribution in [0.15, 0.2) is 206 Å². The zero-order valence-electron chi connectivity index (χ0n) is 50.6. The highest BCUT2D eigenvalue weighted by Gasteiger charge is 2.52. The largest absolute Gasteiger partial charge is 0.508 e. The van der Waals surface area contributed by atoms with Crippen LogP contribution < -0.4 is 0 Å². The summed E-state index contributed by atoms with van der Waals surface area (Å²) in [7, 11) is 0. The summed E-state index contributed by atoms with van der Waals surface area (Å²) in [6, 6.07) is 52.9. The van der Waals surface area contributed by atoms with E-state index in [0.717, 1.165) is 122 Å². The summed E-state index contributed by atoms with van der Waals surface area (Å²) in [4.78, 5) is 0. The van der Waals surface area contributed by atoms with Crippen LogP contribution >= 0.6 is 0 Å². The molecule has 10 aromatic rings. The molecule has 3 aliphatic carbocycles. The third-order valence-electron chi connectivity index (χ3n) is 19.7. The second-order valence-electron chi connectivity index (χ2n) is 25.0. The number of hydrogen-bond donors (Lipinski definition) is 2. The second kappa shape index (κ2) is 23.2. The van der Waals surface area contributed by atoms with Gasteiger partial charge in [0.15, 0.2) is 0 Å². The van der Waals surface area contributed by atoms with Crippen LogP contribution in [0.4, 0.5) is 52.7 Å². The van der Waals surface area contributed by atoms with Crippen molar-refractivity contribution in [2.75, 3.05) is 0 Å². The van der Waals surface area contributed by atoms with Crippen LogP contribution in [-0.2, 0) is 41.0 Å². The number of aromatic hydroxyl groups is 2. The average Bonchev–Trinajstić information content (AvgIpc) is 1.57. The van der Waals surface area contributed by atoms with E-state index in [1.165, 1.54) is 48.5 Å². The van der Waals surface area contributed by atoms with Crippen molar-refractivity contribution in [2.45, 2.75) is 119 Å². The van der Waals surface area contributed by atoms with Crippen LogP contribution in [-0.4, -0.2) is 10.2 Å². The maximum Gasteiger partial charge on any atom is 0.416 e. The number of hydrogen-bond acceptors (Lipinski definition) is 2. The minimum Gasteiger partial charge on any atom is -0.508 e. The molecule has 2 N–H and O–H groups in total. The summed E-state index contributed by atoms with van der Waals surface area (Å²) in [5.74, 6) is -0.307. The van der Waals surface area contributed by atoms with Crippen LogP contribution in [0.5, 0.6) is 11.5 Å². The fourth-order valence-corrected chi connectivity index (χ4v) is 15.5. The van der Waals surface area contributed by atoms with E-state index in [0.29, 0.717) is 66.8 Å². The highest BCUT2D eigenvalue weighted by Crippen LogP contribution is 2.62. The molecule has 2 nitrogen and oxygen atoms in total. The quantitative estimate of drug-likeness (QED) is 0.0748. The van der Waals surface area contributed by atoms with Gasteiger partial charge in [-0.15, -0.1) is 0 Å². The molecule has 0 amide bonds. The lowest BCUT2D eigenvalue weighted by Crippen LogP contribution is -2.30. The van der Waals surface area contributed by atoms with Gasteiger partial charge in [-0.3, -0.25) is 0 Å². The summed E-state index contributed by atoms with van der Waals surface area (Å²) >= 11 is 0. The molecule has 14 heteroatoms. The molecule has 0 bridgehead atoms. The number of alkyl halides is 12. The van der Waals surface area contributed by atoms with E-state index in [2.05, 4.69) is 38.1 Å². The Morgan fingerprint density at radius 3 is 0.882 bits per heavy atom. The van der Waals surface area contributed by atoms with Crippen molar-refractivity contribution in [1.29, 1.82) is 0 Å². The Bertz CT molecular complexity index is 4160. The van der Waals surface area contributed by atoms with Crippen LogP contribution in [0.3, 0.4) is 0 Å². The summed E-state index contributed by atoms with van der Waals surface area (Å²) < 4.78 is 180. The first-order valence-corrected chi connectivity index (χ1v) is 31.3. The van der Waals surface area contributed by atoms with E-state index < -0.39 is 63.2 Å². The Balaban J connectivity index is 1.01. The van der Waals surface area contributed by atoms with Gasteiger partial charge in [-0.1, -0.05) is 187 Å². The molecule has 10 aromatic carbocycles. The molecule has 0 radical (unpaired) electrons. The molecule has 93 heavy (non-hydrogen) atoms. The monoisotopic (exact) mass is 1270 g/mol. The molecule has 3 aliphatic rings. The maximum absolute atomic E-state index is 15.0. The average molecular weight is 1270 g/mol. The van der Waals surface area contributed by atoms with Crippen LogP contribution in [0.1, 0.15) is 156 Å². The van der Waals surface area contributed by atoms with Crippen molar-refractivity contribution in [1.82, 2.24) is 0 Å². The number of halogens is 12. The molecule has 0 saturated carbocycles. The number of benzene rings is 10. The molecule has 0 fully saturated rings. The van der Waals surface area contributed by atoms with Gasteiger partial charge in [0.1, 0.15) is 11.5 Å². The number of phenolic OH excluding ortho intramolecular Hbond substituents is 2. The van der Waals surface area contributed by atoms with Crippen LogP contribution in [0.25, 0.3) is 55.6 Å². The highest BCUT2D eigenvalue weighted by molar-refractivity contribution is 5.92. The van der Waals surface area contributed by atoms with Gasteiger partial charge in [0.25, 0.3) is 0 Å². The standard InChI is InChI=1S/C79H62F12O2/c1-3-5-7-13-35-73(36-14-8-6-4-2)69-37-47(49-21-33-65-61-15-9-11-17-67(61)74(71(65)39-49,51-23-27-59(92)28-24-51)53-41-55(76(80,81)82)45-56(42-53)77(83,84)85)19-31-63(69)64-32-20-48(38-70(64)73)50-22-34-66-62-16-10-12-18-68(62)75(72(66)40-50,52-25-29-60(93)30-26-52)54-43-57(78(86,87)88)46-58(44-54)79(89,90)91/h9-12,15-34,37-46,92-93H,3-8,13-14,35-36H2,1-2H3. The summed E-state index contributed by atoms with van der Waals surface area (Å²) in [6.07, 6.45) is -11.7. The van der Waals surface area contributed by atoms with E-state index in [1.54, 1.807) is 48.5 Å². The second-order valence-corrected chi connectivity index (χ2v) is 25.0. The van der Waals surface area contributed by atoms with Gasteiger partial charge in [-0.25, -0.2) is 0 Å². The third kappa shape index (κ3) is 10.6. The fraction of sp³-hybridized carbons (Fsp3) is 0.241. The van der Waals surface area contributed by atoms with Crippen molar-refractivity contribution in [3.63, 3.8) is 0 Å². The lowest BCUT2D eigenvalue weighted by atomic mass is 9.66. The predicted molar refractivity (Wildman–Crippen MR) is 339 cm³/mol. The SMILES string of the molecule is CCCCCCC1(CCCCCC)c2cc(-c3ccc4c(c3)C(c3ccc(O)cc3)(c3cc(C(F)(F)F)cc(C(F)(F)F)c3)c3ccccc3-4)ccc2-c2ccc(-c3ccc4c(c3)C(c3ccc(O)cc3)(c3cc(C(F)(F)F)cc(C(F)(F)F)c3)c3ccccc3-4)cc21. The summed E-state index contributed by atoms with van der Waals surface area (Å²) in [5.41, 5.74) is 1.20. The molecule has 0 heterocycles. The molecule has 13 rings (SSSR count). The Labute approximate surface area is 530 Å². The minimum absolute atomic E-state index is 0.132. The van der Waals surface area contributed by atoms with Gasteiger partial charge in [-0.2, -0.15) is 52.7 Å². The van der Waals surface area contributed by atoms with Crippen molar-refractivity contribution in [3.05, 3.63) is 284 Å². The first-order chi connectivity index (χ1) is 44.3. The van der Waals surface area contributed by atoms with Crippen molar-refractivity contribution >= 4 is 0 Å². The van der Waals surface area contributed by atoms with Gasteiger partial charge >= 0.3 is 24.7 Å². The lowest BCUT2D eigenvalue weighted by molar-refractivity contribution is -0.144. The molecule has 2 atom stereocenters. The number of fused-ring (bicyclic) bond motifs is 9. The minimum atomic E-state index is -5.16. The van der Waals surface area contributed by atoms with Gasteiger partial charge < -0.3 is 10.2 Å². The Morgan fingerprint density at radius 2 is 0.570 bits per heavy atom. The molecule has 0 aliphatic heterocycles. The highest BCUT2D eigenvalue weighted by atomic mass is 19.4. The molecule has 2 unspecified atom stereocenters. The van der Waals surface area contributed by atoms with Crippen molar-refractivity contribution in [2.24, 2.45) is 0 Å².